The van der Waals surface area contributed by atoms with Crippen molar-refractivity contribution in [1.82, 2.24) is 5.32 Å². The van der Waals surface area contributed by atoms with Crippen LogP contribution in [0.1, 0.15) is 38.2 Å². The van der Waals surface area contributed by atoms with Crippen molar-refractivity contribution in [2.45, 2.75) is 32.6 Å². The summed E-state index contributed by atoms with van der Waals surface area (Å²) in [4.78, 5) is 22.9. The van der Waals surface area contributed by atoms with Crippen molar-refractivity contribution in [2.75, 3.05) is 6.61 Å². The fourth-order valence-electron chi connectivity index (χ4n) is 1.95. The molecule has 1 saturated heterocycles. The van der Waals surface area contributed by atoms with Crippen LogP contribution in [0.4, 0.5) is 4.79 Å². The standard InChI is InChI=1S/C16H19NO3S/c1-2-3-4-5-10-20-13-8-6-12(7-9-13)11-14-15(18)17-16(19)21-14/h6-9,11H,2-5,10H2,1H3,(H,17,18,19)/b14-11-. The van der Waals surface area contributed by atoms with E-state index >= 15 is 0 Å². The molecule has 0 aromatic heterocycles. The molecule has 21 heavy (non-hydrogen) atoms. The van der Waals surface area contributed by atoms with Crippen molar-refractivity contribution >= 4 is 29.0 Å². The molecule has 1 aromatic carbocycles. The minimum Gasteiger partial charge on any atom is -0.494 e. The Kier molecular flexibility index (Phi) is 5.87. The second kappa shape index (κ2) is 7.88. The van der Waals surface area contributed by atoms with E-state index in [4.69, 9.17) is 4.74 Å². The first-order valence-electron chi connectivity index (χ1n) is 7.17. The Bertz CT molecular complexity index is 537. The fourth-order valence-corrected chi connectivity index (χ4v) is 2.63. The van der Waals surface area contributed by atoms with Gasteiger partial charge in [0.05, 0.1) is 11.5 Å². The lowest BCUT2D eigenvalue weighted by Gasteiger charge is -2.06. The molecule has 1 aliphatic rings. The van der Waals surface area contributed by atoms with Gasteiger partial charge in [-0.05, 0) is 42.0 Å². The number of rotatable bonds is 7. The van der Waals surface area contributed by atoms with Gasteiger partial charge in [0.15, 0.2) is 0 Å². The van der Waals surface area contributed by atoms with Crippen molar-refractivity contribution in [2.24, 2.45) is 0 Å². The molecule has 0 saturated carbocycles. The Morgan fingerprint density at radius 1 is 1.14 bits per heavy atom. The molecule has 5 heteroatoms. The van der Waals surface area contributed by atoms with Gasteiger partial charge < -0.3 is 4.74 Å². The number of amides is 2. The molecule has 1 aromatic rings. The summed E-state index contributed by atoms with van der Waals surface area (Å²) in [5.74, 6) is 0.495. The first-order valence-corrected chi connectivity index (χ1v) is 7.98. The highest BCUT2D eigenvalue weighted by atomic mass is 32.2. The van der Waals surface area contributed by atoms with Crippen LogP contribution in [0.3, 0.4) is 0 Å². The van der Waals surface area contributed by atoms with Gasteiger partial charge in [0.2, 0.25) is 0 Å². The Morgan fingerprint density at radius 3 is 2.52 bits per heavy atom. The molecule has 2 amide bonds. The number of carbonyl (C=O) groups excluding carboxylic acids is 2. The maximum Gasteiger partial charge on any atom is 0.290 e. The number of carbonyl (C=O) groups is 2. The maximum atomic E-state index is 11.4. The third-order valence-electron chi connectivity index (χ3n) is 3.09. The molecule has 0 radical (unpaired) electrons. The van der Waals surface area contributed by atoms with Crippen LogP contribution >= 0.6 is 11.8 Å². The fraction of sp³-hybridized carbons (Fsp3) is 0.375. The summed E-state index contributed by atoms with van der Waals surface area (Å²) in [6, 6.07) is 7.52. The number of hydrogen-bond donors (Lipinski definition) is 1. The van der Waals surface area contributed by atoms with E-state index in [1.165, 1.54) is 19.3 Å². The second-order valence-electron chi connectivity index (χ2n) is 4.83. The Hall–Kier alpha value is -1.75. The van der Waals surface area contributed by atoms with E-state index < -0.39 is 0 Å². The average molecular weight is 305 g/mol. The Morgan fingerprint density at radius 2 is 1.90 bits per heavy atom. The lowest BCUT2D eigenvalue weighted by atomic mass is 10.2. The van der Waals surface area contributed by atoms with E-state index in [-0.39, 0.29) is 11.1 Å². The van der Waals surface area contributed by atoms with Crippen LogP contribution in [0.15, 0.2) is 29.2 Å². The number of benzene rings is 1. The molecule has 0 spiro atoms. The predicted molar refractivity (Wildman–Crippen MR) is 85.2 cm³/mol. The number of unbranched alkanes of at least 4 members (excludes halogenated alkanes) is 3. The topological polar surface area (TPSA) is 55.4 Å². The molecular formula is C16H19NO3S. The molecular weight excluding hydrogens is 286 g/mol. The highest BCUT2D eigenvalue weighted by Crippen LogP contribution is 2.26. The third-order valence-corrected chi connectivity index (χ3v) is 3.90. The van der Waals surface area contributed by atoms with Crippen LogP contribution in [0.25, 0.3) is 6.08 Å². The summed E-state index contributed by atoms with van der Waals surface area (Å²) in [7, 11) is 0. The van der Waals surface area contributed by atoms with Crippen molar-refractivity contribution in [1.29, 1.82) is 0 Å². The zero-order valence-electron chi connectivity index (χ0n) is 12.1. The van der Waals surface area contributed by atoms with Gasteiger partial charge in [-0.2, -0.15) is 0 Å². The molecule has 112 valence electrons. The number of thioether (sulfide) groups is 1. The zero-order chi connectivity index (χ0) is 15.1. The van der Waals surface area contributed by atoms with Gasteiger partial charge in [-0.15, -0.1) is 0 Å². The largest absolute Gasteiger partial charge is 0.494 e. The van der Waals surface area contributed by atoms with Crippen molar-refractivity contribution in [3.05, 3.63) is 34.7 Å². The van der Waals surface area contributed by atoms with E-state index in [1.54, 1.807) is 6.08 Å². The first kappa shape index (κ1) is 15.6. The molecule has 0 unspecified atom stereocenters. The summed E-state index contributed by atoms with van der Waals surface area (Å²) in [6.07, 6.45) is 6.43. The summed E-state index contributed by atoms with van der Waals surface area (Å²) < 4.78 is 5.66. The van der Waals surface area contributed by atoms with Gasteiger partial charge in [-0.1, -0.05) is 38.3 Å². The molecule has 1 heterocycles. The average Bonchev–Trinajstić information content (AvgIpc) is 2.78. The molecule has 0 atom stereocenters. The summed E-state index contributed by atoms with van der Waals surface area (Å²) in [6.45, 7) is 2.91. The van der Waals surface area contributed by atoms with Crippen LogP contribution < -0.4 is 10.1 Å². The summed E-state index contributed by atoms with van der Waals surface area (Å²) >= 11 is 0.924. The summed E-state index contributed by atoms with van der Waals surface area (Å²) in [5.41, 5.74) is 0.876. The molecule has 2 rings (SSSR count). The number of hydrogen-bond acceptors (Lipinski definition) is 4. The van der Waals surface area contributed by atoms with Gasteiger partial charge >= 0.3 is 0 Å². The number of ether oxygens (including phenoxy) is 1. The number of imide groups is 1. The van der Waals surface area contributed by atoms with Crippen molar-refractivity contribution in [3.63, 3.8) is 0 Å². The van der Waals surface area contributed by atoms with E-state index in [0.717, 1.165) is 36.1 Å². The van der Waals surface area contributed by atoms with Gasteiger partial charge in [-0.3, -0.25) is 14.9 Å². The van der Waals surface area contributed by atoms with E-state index in [2.05, 4.69) is 12.2 Å². The van der Waals surface area contributed by atoms with Gasteiger partial charge in [0.1, 0.15) is 5.75 Å². The molecule has 0 bridgehead atoms. The van der Waals surface area contributed by atoms with Crippen LogP contribution in [-0.2, 0) is 4.79 Å². The minimum absolute atomic E-state index is 0.321. The lowest BCUT2D eigenvalue weighted by Crippen LogP contribution is -2.17. The predicted octanol–water partition coefficient (Wildman–Crippen LogP) is 3.97. The Balaban J connectivity index is 1.86. The second-order valence-corrected chi connectivity index (χ2v) is 5.85. The van der Waals surface area contributed by atoms with Crippen LogP contribution in [0.2, 0.25) is 0 Å². The van der Waals surface area contributed by atoms with E-state index in [9.17, 15) is 9.59 Å². The van der Waals surface area contributed by atoms with Crippen LogP contribution in [0, 0.1) is 0 Å². The first-order chi connectivity index (χ1) is 10.2. The quantitative estimate of drug-likeness (QED) is 0.612. The normalized spacial score (nSPS) is 16.3. The summed E-state index contributed by atoms with van der Waals surface area (Å²) in [5, 5.41) is 1.91. The van der Waals surface area contributed by atoms with Crippen molar-refractivity contribution < 1.29 is 14.3 Å². The highest BCUT2D eigenvalue weighted by Gasteiger charge is 2.24. The Labute approximate surface area is 128 Å². The molecule has 1 N–H and O–H groups in total. The highest BCUT2D eigenvalue weighted by molar-refractivity contribution is 8.18. The van der Waals surface area contributed by atoms with Gasteiger partial charge in [-0.25, -0.2) is 0 Å². The zero-order valence-corrected chi connectivity index (χ0v) is 12.9. The smallest absolute Gasteiger partial charge is 0.290 e. The van der Waals surface area contributed by atoms with E-state index in [0.29, 0.717) is 4.91 Å². The van der Waals surface area contributed by atoms with Crippen molar-refractivity contribution in [3.8, 4) is 5.75 Å². The molecule has 1 aliphatic heterocycles. The third kappa shape index (κ3) is 4.93. The lowest BCUT2D eigenvalue weighted by molar-refractivity contribution is -0.115. The van der Waals surface area contributed by atoms with E-state index in [1.807, 2.05) is 24.3 Å². The molecule has 4 nitrogen and oxygen atoms in total. The molecule has 0 aliphatic carbocycles. The number of nitrogens with one attached hydrogen (secondary N) is 1. The van der Waals surface area contributed by atoms with Crippen LogP contribution in [0.5, 0.6) is 5.75 Å². The molecule has 1 fully saturated rings. The maximum absolute atomic E-state index is 11.4. The van der Waals surface area contributed by atoms with Crippen LogP contribution in [-0.4, -0.2) is 17.8 Å². The minimum atomic E-state index is -0.332. The monoisotopic (exact) mass is 305 g/mol. The van der Waals surface area contributed by atoms with Gasteiger partial charge in [0.25, 0.3) is 11.1 Å². The SMILES string of the molecule is CCCCCCOc1ccc(/C=C2\SC(=O)NC2=O)cc1. The van der Waals surface area contributed by atoms with Gasteiger partial charge in [0, 0.05) is 0 Å².